The molecular formula is C19H20N4O. The summed E-state index contributed by atoms with van der Waals surface area (Å²) in [5.74, 6) is -0.0878. The minimum atomic E-state index is -0.0878. The van der Waals surface area contributed by atoms with Crippen molar-refractivity contribution in [3.05, 3.63) is 60.4 Å². The summed E-state index contributed by atoms with van der Waals surface area (Å²) >= 11 is 0. The average molecular weight is 320 g/mol. The molecule has 2 aromatic carbocycles. The molecule has 0 aliphatic rings. The van der Waals surface area contributed by atoms with Gasteiger partial charge in [-0.1, -0.05) is 36.4 Å². The summed E-state index contributed by atoms with van der Waals surface area (Å²) in [5, 5.41) is 3.90. The Bertz CT molecular complexity index is 855. The first-order chi connectivity index (χ1) is 11.7. The highest BCUT2D eigenvalue weighted by molar-refractivity contribution is 6.04. The van der Waals surface area contributed by atoms with Crippen LogP contribution in [0.3, 0.4) is 0 Å². The van der Waals surface area contributed by atoms with E-state index < -0.39 is 0 Å². The van der Waals surface area contributed by atoms with Crippen LogP contribution in [0.1, 0.15) is 10.4 Å². The summed E-state index contributed by atoms with van der Waals surface area (Å²) in [6.07, 6.45) is 1.54. The van der Waals surface area contributed by atoms with Gasteiger partial charge in [0.25, 0.3) is 5.91 Å². The average Bonchev–Trinajstić information content (AvgIpc) is 2.61. The lowest BCUT2D eigenvalue weighted by Crippen LogP contribution is -2.31. The molecule has 0 saturated carbocycles. The van der Waals surface area contributed by atoms with E-state index in [0.717, 1.165) is 28.7 Å². The number of carbonyl (C=O) groups is 1. The fraction of sp³-hybridized carbons (Fsp3) is 0.211. The Labute approximate surface area is 141 Å². The van der Waals surface area contributed by atoms with Crippen molar-refractivity contribution in [2.24, 2.45) is 0 Å². The summed E-state index contributed by atoms with van der Waals surface area (Å²) in [6, 6.07) is 15.4. The quantitative estimate of drug-likeness (QED) is 0.785. The Kier molecular flexibility index (Phi) is 4.82. The van der Waals surface area contributed by atoms with Gasteiger partial charge in [0, 0.05) is 29.6 Å². The molecule has 1 N–H and O–H groups in total. The van der Waals surface area contributed by atoms with Crippen molar-refractivity contribution in [1.29, 1.82) is 0 Å². The topological polar surface area (TPSA) is 58.1 Å². The van der Waals surface area contributed by atoms with Crippen molar-refractivity contribution < 1.29 is 4.79 Å². The van der Waals surface area contributed by atoms with Gasteiger partial charge in [-0.15, -0.1) is 0 Å². The maximum Gasteiger partial charge on any atom is 0.252 e. The molecule has 122 valence electrons. The van der Waals surface area contributed by atoms with Gasteiger partial charge >= 0.3 is 0 Å². The molecule has 1 heterocycles. The van der Waals surface area contributed by atoms with Crippen LogP contribution in [0.25, 0.3) is 22.2 Å². The second kappa shape index (κ2) is 7.19. The van der Waals surface area contributed by atoms with E-state index in [0.29, 0.717) is 12.1 Å². The number of benzene rings is 2. The van der Waals surface area contributed by atoms with Crippen molar-refractivity contribution in [3.8, 4) is 11.3 Å². The lowest BCUT2D eigenvalue weighted by molar-refractivity contribution is 0.0951. The molecule has 0 bridgehead atoms. The van der Waals surface area contributed by atoms with Crippen LogP contribution in [0.5, 0.6) is 0 Å². The minimum absolute atomic E-state index is 0.0878. The van der Waals surface area contributed by atoms with Gasteiger partial charge in [-0.2, -0.15) is 0 Å². The summed E-state index contributed by atoms with van der Waals surface area (Å²) < 4.78 is 0. The van der Waals surface area contributed by atoms with Gasteiger partial charge in [-0.05, 0) is 26.2 Å². The molecule has 0 aliphatic carbocycles. The number of fused-ring (bicyclic) bond motifs is 1. The van der Waals surface area contributed by atoms with Crippen LogP contribution < -0.4 is 5.32 Å². The molecule has 0 radical (unpaired) electrons. The number of rotatable bonds is 5. The maximum atomic E-state index is 12.6. The normalized spacial score (nSPS) is 11.0. The molecular weight excluding hydrogens is 300 g/mol. The summed E-state index contributed by atoms with van der Waals surface area (Å²) in [4.78, 5) is 23.3. The molecule has 24 heavy (non-hydrogen) atoms. The summed E-state index contributed by atoms with van der Waals surface area (Å²) in [7, 11) is 3.96. The minimum Gasteiger partial charge on any atom is -0.351 e. The van der Waals surface area contributed by atoms with Crippen LogP contribution in [0.15, 0.2) is 54.9 Å². The van der Waals surface area contributed by atoms with Crippen molar-refractivity contribution >= 4 is 16.8 Å². The van der Waals surface area contributed by atoms with Gasteiger partial charge in [0.1, 0.15) is 6.33 Å². The molecule has 0 aliphatic heterocycles. The van der Waals surface area contributed by atoms with Gasteiger partial charge in [0.2, 0.25) is 0 Å². The van der Waals surface area contributed by atoms with E-state index in [1.54, 1.807) is 6.33 Å². The number of carbonyl (C=O) groups excluding carboxylic acids is 1. The first-order valence-electron chi connectivity index (χ1n) is 7.89. The smallest absolute Gasteiger partial charge is 0.252 e. The van der Waals surface area contributed by atoms with Crippen LogP contribution in [0, 0.1) is 0 Å². The number of amides is 1. The van der Waals surface area contributed by atoms with E-state index in [-0.39, 0.29) is 5.91 Å². The summed E-state index contributed by atoms with van der Waals surface area (Å²) in [6.45, 7) is 1.40. The third-order valence-electron chi connectivity index (χ3n) is 3.81. The zero-order chi connectivity index (χ0) is 16.9. The maximum absolute atomic E-state index is 12.6. The van der Waals surface area contributed by atoms with Crippen molar-refractivity contribution in [2.75, 3.05) is 27.2 Å². The highest BCUT2D eigenvalue weighted by Gasteiger charge is 2.15. The van der Waals surface area contributed by atoms with Crippen LogP contribution in [-0.4, -0.2) is 48.0 Å². The van der Waals surface area contributed by atoms with Crippen molar-refractivity contribution in [2.45, 2.75) is 0 Å². The van der Waals surface area contributed by atoms with Gasteiger partial charge in [-0.3, -0.25) is 4.79 Å². The number of aromatic nitrogens is 2. The zero-order valence-corrected chi connectivity index (χ0v) is 13.9. The van der Waals surface area contributed by atoms with Gasteiger partial charge in [0.05, 0.1) is 11.2 Å². The molecule has 0 fully saturated rings. The van der Waals surface area contributed by atoms with E-state index in [9.17, 15) is 4.79 Å². The Morgan fingerprint density at radius 3 is 2.62 bits per heavy atom. The van der Waals surface area contributed by atoms with Crippen molar-refractivity contribution in [3.63, 3.8) is 0 Å². The molecule has 3 rings (SSSR count). The van der Waals surface area contributed by atoms with Crippen LogP contribution in [0.4, 0.5) is 0 Å². The molecule has 5 heteroatoms. The molecule has 0 saturated heterocycles. The van der Waals surface area contributed by atoms with E-state index in [1.807, 2.05) is 67.5 Å². The number of likely N-dealkylation sites (N-methyl/N-ethyl adjacent to an activating group) is 1. The molecule has 0 unspecified atom stereocenters. The van der Waals surface area contributed by atoms with Gasteiger partial charge < -0.3 is 10.2 Å². The Morgan fingerprint density at radius 2 is 1.79 bits per heavy atom. The Hall–Kier alpha value is -2.79. The third kappa shape index (κ3) is 3.41. The molecule has 1 aromatic heterocycles. The first kappa shape index (κ1) is 16.1. The third-order valence-corrected chi connectivity index (χ3v) is 3.81. The van der Waals surface area contributed by atoms with E-state index >= 15 is 0 Å². The highest BCUT2D eigenvalue weighted by Crippen LogP contribution is 2.27. The van der Waals surface area contributed by atoms with Crippen LogP contribution >= 0.6 is 0 Å². The van der Waals surface area contributed by atoms with E-state index in [4.69, 9.17) is 0 Å². The fourth-order valence-corrected chi connectivity index (χ4v) is 2.60. The number of hydrogen-bond donors (Lipinski definition) is 1. The van der Waals surface area contributed by atoms with E-state index in [1.165, 1.54) is 0 Å². The van der Waals surface area contributed by atoms with Crippen LogP contribution in [0.2, 0.25) is 0 Å². The SMILES string of the molecule is CN(C)CCNC(=O)c1ccccc1-c1ncnc2ccccc12. The predicted molar refractivity (Wildman–Crippen MR) is 95.9 cm³/mol. The number of para-hydroxylation sites is 1. The predicted octanol–water partition coefficient (Wildman–Crippen LogP) is 2.59. The molecule has 5 nitrogen and oxygen atoms in total. The second-order valence-electron chi connectivity index (χ2n) is 5.84. The van der Waals surface area contributed by atoms with Gasteiger partial charge in [-0.25, -0.2) is 9.97 Å². The second-order valence-corrected chi connectivity index (χ2v) is 5.84. The largest absolute Gasteiger partial charge is 0.351 e. The lowest BCUT2D eigenvalue weighted by atomic mass is 10.0. The van der Waals surface area contributed by atoms with Gasteiger partial charge in [0.15, 0.2) is 0 Å². The van der Waals surface area contributed by atoms with E-state index in [2.05, 4.69) is 15.3 Å². The lowest BCUT2D eigenvalue weighted by Gasteiger charge is -2.13. The first-order valence-corrected chi connectivity index (χ1v) is 7.89. The highest BCUT2D eigenvalue weighted by atomic mass is 16.1. The molecule has 0 spiro atoms. The standard InChI is InChI=1S/C19H20N4O/c1-23(2)12-11-20-19(24)15-8-4-3-7-14(15)18-16-9-5-6-10-17(16)21-13-22-18/h3-10,13H,11-12H2,1-2H3,(H,20,24). The van der Waals surface area contributed by atoms with Crippen LogP contribution in [-0.2, 0) is 0 Å². The molecule has 1 amide bonds. The fourth-order valence-electron chi connectivity index (χ4n) is 2.60. The molecule has 0 atom stereocenters. The Balaban J connectivity index is 1.98. The zero-order valence-electron chi connectivity index (χ0n) is 13.9. The molecule has 3 aromatic rings. The Morgan fingerprint density at radius 1 is 1.04 bits per heavy atom. The number of nitrogens with one attached hydrogen (secondary N) is 1. The number of hydrogen-bond acceptors (Lipinski definition) is 4. The number of nitrogens with zero attached hydrogens (tertiary/aromatic N) is 3. The summed E-state index contributed by atoms with van der Waals surface area (Å²) in [5.41, 5.74) is 3.09. The van der Waals surface area contributed by atoms with Crippen molar-refractivity contribution in [1.82, 2.24) is 20.2 Å². The monoisotopic (exact) mass is 320 g/mol.